The molecule has 4 heteroatoms. The summed E-state index contributed by atoms with van der Waals surface area (Å²) in [5.41, 5.74) is 1.87. The molecule has 0 atom stereocenters. The second-order valence-corrected chi connectivity index (χ2v) is 8.49. The lowest BCUT2D eigenvalue weighted by molar-refractivity contribution is 0.0117. The van der Waals surface area contributed by atoms with Crippen LogP contribution in [-0.2, 0) is 5.41 Å². The molecule has 1 heterocycles. The van der Waals surface area contributed by atoms with E-state index in [2.05, 4.69) is 13.8 Å². The predicted octanol–water partition coefficient (Wildman–Crippen LogP) is 5.62. The van der Waals surface area contributed by atoms with Crippen molar-refractivity contribution in [3.63, 3.8) is 0 Å². The number of benzene rings is 2. The minimum absolute atomic E-state index is 0.00262. The van der Waals surface area contributed by atoms with Gasteiger partial charge in [-0.15, -0.1) is 0 Å². The molecule has 1 aliphatic rings. The van der Waals surface area contributed by atoms with E-state index in [1.807, 2.05) is 56.3 Å². The highest BCUT2D eigenvalue weighted by molar-refractivity contribution is 6.19. The lowest BCUT2D eigenvalue weighted by Gasteiger charge is -2.31. The zero-order valence-corrected chi connectivity index (χ0v) is 17.5. The van der Waals surface area contributed by atoms with Crippen LogP contribution < -0.4 is 4.74 Å². The lowest BCUT2D eigenvalue weighted by Crippen LogP contribution is -2.30. The smallest absolute Gasteiger partial charge is 0.197 e. The van der Waals surface area contributed by atoms with Gasteiger partial charge < -0.3 is 14.3 Å². The Bertz CT molecular complexity index is 1070. The molecule has 3 aromatic rings. The maximum absolute atomic E-state index is 13.3. The third kappa shape index (κ3) is 3.16. The number of fused-ring (bicyclic) bond motifs is 4. The van der Waals surface area contributed by atoms with Crippen molar-refractivity contribution in [1.29, 1.82) is 0 Å². The van der Waals surface area contributed by atoms with Crippen LogP contribution in [-0.4, -0.2) is 23.1 Å². The minimum Gasteiger partial charge on any atom is -0.493 e. The molecule has 0 fully saturated rings. The van der Waals surface area contributed by atoms with Gasteiger partial charge in [-0.1, -0.05) is 32.0 Å². The molecular weight excluding hydrogens is 364 g/mol. The molecule has 1 aliphatic carbocycles. The van der Waals surface area contributed by atoms with Crippen molar-refractivity contribution < 1.29 is 19.1 Å². The third-order valence-electron chi connectivity index (χ3n) is 6.45. The van der Waals surface area contributed by atoms with Crippen LogP contribution in [0.4, 0.5) is 0 Å². The van der Waals surface area contributed by atoms with E-state index >= 15 is 0 Å². The molecule has 4 nitrogen and oxygen atoms in total. The van der Waals surface area contributed by atoms with Gasteiger partial charge >= 0.3 is 0 Å². The Labute approximate surface area is 171 Å². The molecular formula is C25H28O4. The number of aliphatic hydroxyl groups is 1. The highest BCUT2D eigenvalue weighted by Gasteiger charge is 2.41. The number of ether oxygens (including phenoxy) is 1. The number of carbonyl (C=O) groups is 1. The normalized spacial score (nSPS) is 15.3. The summed E-state index contributed by atoms with van der Waals surface area (Å²) in [7, 11) is 0. The molecule has 1 aromatic heterocycles. The second kappa shape index (κ2) is 7.03. The van der Waals surface area contributed by atoms with Gasteiger partial charge in [0.1, 0.15) is 17.1 Å². The Kier molecular flexibility index (Phi) is 4.78. The van der Waals surface area contributed by atoms with Gasteiger partial charge in [-0.25, -0.2) is 0 Å². The Morgan fingerprint density at radius 1 is 1.10 bits per heavy atom. The number of rotatable bonds is 6. The summed E-state index contributed by atoms with van der Waals surface area (Å²) in [5, 5.41) is 11.3. The van der Waals surface area contributed by atoms with Gasteiger partial charge in [-0.2, -0.15) is 0 Å². The summed E-state index contributed by atoms with van der Waals surface area (Å²) < 4.78 is 12.1. The molecule has 0 bridgehead atoms. The first-order valence-corrected chi connectivity index (χ1v) is 10.4. The predicted molar refractivity (Wildman–Crippen MR) is 114 cm³/mol. The van der Waals surface area contributed by atoms with Gasteiger partial charge in [-0.05, 0) is 56.5 Å². The molecule has 0 saturated heterocycles. The lowest BCUT2D eigenvalue weighted by atomic mass is 9.72. The molecule has 29 heavy (non-hydrogen) atoms. The van der Waals surface area contributed by atoms with E-state index in [-0.39, 0.29) is 5.78 Å². The van der Waals surface area contributed by atoms with Gasteiger partial charge in [0.2, 0.25) is 0 Å². The van der Waals surface area contributed by atoms with Crippen LogP contribution in [0.5, 0.6) is 5.75 Å². The van der Waals surface area contributed by atoms with Crippen molar-refractivity contribution in [3.05, 3.63) is 64.9 Å². The first-order valence-electron chi connectivity index (χ1n) is 10.4. The number of furan rings is 1. The Balaban J connectivity index is 1.68. The average Bonchev–Trinajstić information content (AvgIpc) is 3.13. The van der Waals surface area contributed by atoms with E-state index in [0.717, 1.165) is 16.5 Å². The summed E-state index contributed by atoms with van der Waals surface area (Å²) in [4.78, 5) is 13.3. The summed E-state index contributed by atoms with van der Waals surface area (Å²) >= 11 is 0. The van der Waals surface area contributed by atoms with E-state index in [0.29, 0.717) is 48.5 Å². The summed E-state index contributed by atoms with van der Waals surface area (Å²) in [6.45, 7) is 8.57. The first-order chi connectivity index (χ1) is 13.8. The Hall–Kier alpha value is -2.59. The van der Waals surface area contributed by atoms with Gasteiger partial charge in [0.25, 0.3) is 0 Å². The number of para-hydroxylation sites is 1. The first kappa shape index (κ1) is 19.7. The molecule has 0 unspecified atom stereocenters. The van der Waals surface area contributed by atoms with E-state index in [9.17, 15) is 9.90 Å². The molecule has 2 aromatic carbocycles. The fourth-order valence-electron chi connectivity index (χ4n) is 4.26. The minimum atomic E-state index is -0.688. The highest BCUT2D eigenvalue weighted by Crippen LogP contribution is 2.46. The van der Waals surface area contributed by atoms with Crippen molar-refractivity contribution in [2.45, 2.75) is 58.0 Å². The van der Waals surface area contributed by atoms with Crippen LogP contribution in [0, 0.1) is 0 Å². The third-order valence-corrected chi connectivity index (χ3v) is 6.45. The van der Waals surface area contributed by atoms with Crippen molar-refractivity contribution in [1.82, 2.24) is 0 Å². The van der Waals surface area contributed by atoms with Crippen LogP contribution in [0.25, 0.3) is 11.0 Å². The van der Waals surface area contributed by atoms with Crippen molar-refractivity contribution >= 4 is 16.8 Å². The molecule has 1 N–H and O–H groups in total. The molecule has 4 rings (SSSR count). The van der Waals surface area contributed by atoms with Crippen molar-refractivity contribution in [3.8, 4) is 5.75 Å². The van der Waals surface area contributed by atoms with E-state index in [1.165, 1.54) is 0 Å². The molecule has 152 valence electrons. The molecule has 0 spiro atoms. The zero-order chi connectivity index (χ0) is 20.8. The topological polar surface area (TPSA) is 59.7 Å². The Morgan fingerprint density at radius 2 is 1.83 bits per heavy atom. The van der Waals surface area contributed by atoms with Crippen LogP contribution in [0.2, 0.25) is 0 Å². The summed E-state index contributed by atoms with van der Waals surface area (Å²) in [5.74, 6) is 1.41. The maximum atomic E-state index is 13.3. The van der Waals surface area contributed by atoms with Crippen molar-refractivity contribution in [2.24, 2.45) is 0 Å². The SMILES string of the molecule is CCC(O)(CC)CCOc1ccc2c(c1)C(C)(C)c1oc3ccccc3c1C2=O. The number of carbonyl (C=O) groups excluding carboxylic acids is 1. The summed E-state index contributed by atoms with van der Waals surface area (Å²) in [6.07, 6.45) is 1.98. The standard InChI is InChI=1S/C25H28O4/c1-5-25(27,6-2)13-14-28-16-11-12-17-19(15-16)24(3,4)23-21(22(17)26)18-9-7-8-10-20(18)29-23/h7-12,15,27H,5-6,13-14H2,1-4H3. The Morgan fingerprint density at radius 3 is 2.55 bits per heavy atom. The van der Waals surface area contributed by atoms with Gasteiger partial charge in [0, 0.05) is 22.8 Å². The van der Waals surface area contributed by atoms with E-state index in [1.54, 1.807) is 0 Å². The van der Waals surface area contributed by atoms with Crippen LogP contribution >= 0.6 is 0 Å². The van der Waals surface area contributed by atoms with Crippen LogP contribution in [0.1, 0.15) is 74.2 Å². The molecule has 0 saturated carbocycles. The monoisotopic (exact) mass is 392 g/mol. The van der Waals surface area contributed by atoms with E-state index < -0.39 is 11.0 Å². The summed E-state index contributed by atoms with van der Waals surface area (Å²) in [6, 6.07) is 13.3. The number of hydrogen-bond donors (Lipinski definition) is 1. The van der Waals surface area contributed by atoms with Crippen LogP contribution in [0.15, 0.2) is 46.9 Å². The fraction of sp³-hybridized carbons (Fsp3) is 0.400. The van der Waals surface area contributed by atoms with Crippen LogP contribution in [0.3, 0.4) is 0 Å². The van der Waals surface area contributed by atoms with Gasteiger partial charge in [-0.3, -0.25) is 4.79 Å². The van der Waals surface area contributed by atoms with E-state index in [4.69, 9.17) is 9.15 Å². The quantitative estimate of drug-likeness (QED) is 0.591. The second-order valence-electron chi connectivity index (χ2n) is 8.49. The molecule has 0 amide bonds. The van der Waals surface area contributed by atoms with Gasteiger partial charge in [0.15, 0.2) is 5.78 Å². The fourth-order valence-corrected chi connectivity index (χ4v) is 4.26. The number of hydrogen-bond acceptors (Lipinski definition) is 4. The van der Waals surface area contributed by atoms with Gasteiger partial charge in [0.05, 0.1) is 17.8 Å². The maximum Gasteiger partial charge on any atom is 0.197 e. The molecule has 0 radical (unpaired) electrons. The van der Waals surface area contributed by atoms with Crippen molar-refractivity contribution in [2.75, 3.05) is 6.61 Å². The highest BCUT2D eigenvalue weighted by atomic mass is 16.5. The molecule has 0 aliphatic heterocycles. The average molecular weight is 392 g/mol. The largest absolute Gasteiger partial charge is 0.493 e. The zero-order valence-electron chi connectivity index (χ0n) is 17.5. The number of ketones is 1.